The Kier molecular flexibility index (Phi) is 5.68. The number of sulfonamides is 1. The summed E-state index contributed by atoms with van der Waals surface area (Å²) in [6, 6.07) is 3.72. The minimum Gasteiger partial charge on any atom is -0.396 e. The van der Waals surface area contributed by atoms with Crippen LogP contribution in [0.25, 0.3) is 0 Å². The van der Waals surface area contributed by atoms with Gasteiger partial charge in [0.15, 0.2) is 0 Å². The van der Waals surface area contributed by atoms with Gasteiger partial charge in [-0.15, -0.1) is 0 Å². The minimum absolute atomic E-state index is 0.0664. The summed E-state index contributed by atoms with van der Waals surface area (Å²) in [5, 5.41) is 9.11. The molecule has 0 saturated carbocycles. The lowest BCUT2D eigenvalue weighted by molar-refractivity contribution is 0.148. The topological polar surface area (TPSA) is 66.4 Å². The Morgan fingerprint density at radius 3 is 2.55 bits per heavy atom. The van der Waals surface area contributed by atoms with E-state index in [0.29, 0.717) is 24.9 Å². The molecule has 0 atom stereocenters. The third-order valence-corrected chi connectivity index (χ3v) is 4.65. The summed E-state index contributed by atoms with van der Waals surface area (Å²) in [4.78, 5) is 0.0674. The lowest BCUT2D eigenvalue weighted by atomic mass is 9.89. The summed E-state index contributed by atoms with van der Waals surface area (Å²) in [6.07, 6.45) is 1.35. The summed E-state index contributed by atoms with van der Waals surface area (Å²) < 4.78 is 39.6. The lowest BCUT2D eigenvalue weighted by Crippen LogP contribution is -2.26. The summed E-state index contributed by atoms with van der Waals surface area (Å²) in [7, 11) is -3.60. The lowest BCUT2D eigenvalue weighted by Gasteiger charge is -2.21. The van der Waals surface area contributed by atoms with E-state index in [9.17, 15) is 12.8 Å². The van der Waals surface area contributed by atoms with E-state index in [-0.39, 0.29) is 16.9 Å². The van der Waals surface area contributed by atoms with Crippen LogP contribution in [-0.4, -0.2) is 26.7 Å². The molecular weight excluding hydrogens is 281 g/mol. The molecule has 0 aliphatic carbocycles. The second kappa shape index (κ2) is 6.65. The number of benzene rings is 1. The van der Waals surface area contributed by atoms with Gasteiger partial charge in [-0.25, -0.2) is 17.5 Å². The Labute approximate surface area is 120 Å². The molecular formula is C14H22FNO3S. The second-order valence-corrected chi connectivity index (χ2v) is 7.50. The van der Waals surface area contributed by atoms with E-state index in [0.717, 1.165) is 6.07 Å². The molecule has 20 heavy (non-hydrogen) atoms. The molecule has 0 saturated heterocycles. The third-order valence-electron chi connectivity index (χ3n) is 3.19. The SMILES string of the molecule is Cc1cc(S(=O)(=O)NCCCC(C)(C)CO)ccc1F. The molecule has 1 rings (SSSR count). The number of aliphatic hydroxyl groups is 1. The van der Waals surface area contributed by atoms with E-state index in [2.05, 4.69) is 4.72 Å². The zero-order chi connectivity index (χ0) is 15.4. The van der Waals surface area contributed by atoms with Crippen LogP contribution in [0, 0.1) is 18.2 Å². The van der Waals surface area contributed by atoms with Gasteiger partial charge in [0.1, 0.15) is 5.82 Å². The van der Waals surface area contributed by atoms with Crippen molar-refractivity contribution in [2.45, 2.75) is 38.5 Å². The van der Waals surface area contributed by atoms with E-state index in [1.165, 1.54) is 19.1 Å². The highest BCUT2D eigenvalue weighted by molar-refractivity contribution is 7.89. The van der Waals surface area contributed by atoms with Crippen molar-refractivity contribution in [1.29, 1.82) is 0 Å². The first-order valence-corrected chi connectivity index (χ1v) is 8.03. The number of halogens is 1. The van der Waals surface area contributed by atoms with Gasteiger partial charge in [0.05, 0.1) is 4.90 Å². The highest BCUT2D eigenvalue weighted by atomic mass is 32.2. The maximum atomic E-state index is 13.1. The first-order chi connectivity index (χ1) is 9.18. The van der Waals surface area contributed by atoms with Gasteiger partial charge in [-0.3, -0.25) is 0 Å². The van der Waals surface area contributed by atoms with Gasteiger partial charge in [0.25, 0.3) is 0 Å². The van der Waals surface area contributed by atoms with Crippen LogP contribution in [0.5, 0.6) is 0 Å². The molecule has 0 aromatic heterocycles. The Bertz CT molecular complexity index is 556. The van der Waals surface area contributed by atoms with E-state index >= 15 is 0 Å². The maximum absolute atomic E-state index is 13.1. The fourth-order valence-corrected chi connectivity index (χ4v) is 2.88. The average Bonchev–Trinajstić information content (AvgIpc) is 2.38. The van der Waals surface area contributed by atoms with Crippen molar-refractivity contribution in [1.82, 2.24) is 4.72 Å². The number of rotatable bonds is 7. The minimum atomic E-state index is -3.60. The standard InChI is InChI=1S/C14H22FNO3S/c1-11-9-12(5-6-13(11)15)20(18,19)16-8-4-7-14(2,3)10-17/h5-6,9,16-17H,4,7-8,10H2,1-3H3. The van der Waals surface area contributed by atoms with Crippen LogP contribution in [0.2, 0.25) is 0 Å². The normalized spacial score (nSPS) is 12.7. The van der Waals surface area contributed by atoms with Crippen LogP contribution in [-0.2, 0) is 10.0 Å². The van der Waals surface area contributed by atoms with Crippen LogP contribution in [0.1, 0.15) is 32.3 Å². The van der Waals surface area contributed by atoms with Crippen molar-refractivity contribution >= 4 is 10.0 Å². The van der Waals surface area contributed by atoms with Gasteiger partial charge in [-0.2, -0.15) is 0 Å². The van der Waals surface area contributed by atoms with Crippen LogP contribution in [0.3, 0.4) is 0 Å². The first kappa shape index (κ1) is 17.1. The Hall–Kier alpha value is -0.980. The number of hydrogen-bond donors (Lipinski definition) is 2. The van der Waals surface area contributed by atoms with Gasteiger partial charge >= 0.3 is 0 Å². The highest BCUT2D eigenvalue weighted by Crippen LogP contribution is 2.20. The molecule has 114 valence electrons. The van der Waals surface area contributed by atoms with Crippen LogP contribution in [0.15, 0.2) is 23.1 Å². The first-order valence-electron chi connectivity index (χ1n) is 6.55. The Balaban J connectivity index is 2.60. The van der Waals surface area contributed by atoms with Crippen molar-refractivity contribution in [2.24, 2.45) is 5.41 Å². The monoisotopic (exact) mass is 303 g/mol. The molecule has 0 unspecified atom stereocenters. The summed E-state index contributed by atoms with van der Waals surface area (Å²) in [5.41, 5.74) is 0.0899. The molecule has 4 nitrogen and oxygen atoms in total. The van der Waals surface area contributed by atoms with Crippen molar-refractivity contribution in [3.63, 3.8) is 0 Å². The molecule has 0 heterocycles. The van der Waals surface area contributed by atoms with E-state index in [4.69, 9.17) is 5.11 Å². The van der Waals surface area contributed by atoms with Crippen LogP contribution in [0.4, 0.5) is 4.39 Å². The van der Waals surface area contributed by atoms with Gasteiger partial charge in [0, 0.05) is 13.2 Å². The largest absolute Gasteiger partial charge is 0.396 e. The number of aryl methyl sites for hydroxylation is 1. The van der Waals surface area contributed by atoms with Crippen LogP contribution < -0.4 is 4.72 Å². The molecule has 1 aromatic carbocycles. The molecule has 0 aliphatic heterocycles. The van der Waals surface area contributed by atoms with Gasteiger partial charge < -0.3 is 5.11 Å². The molecule has 0 spiro atoms. The summed E-state index contributed by atoms with van der Waals surface area (Å²) in [5.74, 6) is -0.423. The maximum Gasteiger partial charge on any atom is 0.240 e. The van der Waals surface area contributed by atoms with Crippen LogP contribution >= 0.6 is 0 Å². The van der Waals surface area contributed by atoms with E-state index < -0.39 is 15.8 Å². The van der Waals surface area contributed by atoms with Gasteiger partial charge in [-0.1, -0.05) is 13.8 Å². The zero-order valence-electron chi connectivity index (χ0n) is 12.1. The Morgan fingerprint density at radius 2 is 2.00 bits per heavy atom. The predicted octanol–water partition coefficient (Wildman–Crippen LogP) is 2.21. The van der Waals surface area contributed by atoms with E-state index in [1.807, 2.05) is 13.8 Å². The van der Waals surface area contributed by atoms with Crippen molar-refractivity contribution in [3.8, 4) is 0 Å². The summed E-state index contributed by atoms with van der Waals surface area (Å²) in [6.45, 7) is 5.73. The highest BCUT2D eigenvalue weighted by Gasteiger charge is 2.18. The average molecular weight is 303 g/mol. The Morgan fingerprint density at radius 1 is 1.35 bits per heavy atom. The van der Waals surface area contributed by atoms with E-state index in [1.54, 1.807) is 0 Å². The molecule has 0 amide bonds. The number of hydrogen-bond acceptors (Lipinski definition) is 3. The summed E-state index contributed by atoms with van der Waals surface area (Å²) >= 11 is 0. The molecule has 0 radical (unpaired) electrons. The van der Waals surface area contributed by atoms with Crippen molar-refractivity contribution < 1.29 is 17.9 Å². The molecule has 6 heteroatoms. The second-order valence-electron chi connectivity index (χ2n) is 5.73. The fourth-order valence-electron chi connectivity index (χ4n) is 1.72. The molecule has 1 aromatic rings. The quantitative estimate of drug-likeness (QED) is 0.759. The third kappa shape index (κ3) is 4.85. The number of aliphatic hydroxyl groups excluding tert-OH is 1. The van der Waals surface area contributed by atoms with Gasteiger partial charge in [0.2, 0.25) is 10.0 Å². The molecule has 0 aliphatic rings. The molecule has 0 fully saturated rings. The molecule has 2 N–H and O–H groups in total. The van der Waals surface area contributed by atoms with Gasteiger partial charge in [-0.05, 0) is 48.9 Å². The fraction of sp³-hybridized carbons (Fsp3) is 0.571. The zero-order valence-corrected chi connectivity index (χ0v) is 12.9. The molecule has 0 bridgehead atoms. The predicted molar refractivity (Wildman–Crippen MR) is 76.4 cm³/mol. The van der Waals surface area contributed by atoms with Crippen molar-refractivity contribution in [3.05, 3.63) is 29.6 Å². The number of nitrogens with one attached hydrogen (secondary N) is 1. The smallest absolute Gasteiger partial charge is 0.240 e. The van der Waals surface area contributed by atoms with Crippen molar-refractivity contribution in [2.75, 3.05) is 13.2 Å².